The van der Waals surface area contributed by atoms with E-state index < -0.39 is 19.0 Å². The molecule has 6 nitrogen and oxygen atoms in total. The summed E-state index contributed by atoms with van der Waals surface area (Å²) < 4.78 is 35.4. The summed E-state index contributed by atoms with van der Waals surface area (Å²) in [6.07, 6.45) is -1.23. The van der Waals surface area contributed by atoms with Crippen LogP contribution in [0.15, 0.2) is 30.5 Å². The average molecular weight is 321 g/mol. The van der Waals surface area contributed by atoms with Crippen LogP contribution in [0.3, 0.4) is 0 Å². The van der Waals surface area contributed by atoms with Crippen molar-refractivity contribution in [2.24, 2.45) is 0 Å². The minimum absolute atomic E-state index is 0.0155. The van der Waals surface area contributed by atoms with Crippen molar-refractivity contribution in [1.82, 2.24) is 4.57 Å². The van der Waals surface area contributed by atoms with Crippen molar-refractivity contribution < 1.29 is 23.0 Å². The zero-order valence-electron chi connectivity index (χ0n) is 12.1. The third-order valence-electron chi connectivity index (χ3n) is 3.02. The van der Waals surface area contributed by atoms with Crippen molar-refractivity contribution in [3.05, 3.63) is 41.7 Å². The number of carbonyl (C=O) groups excluding carboxylic acids is 1. The summed E-state index contributed by atoms with van der Waals surface area (Å²) in [7, 11) is 1.19. The highest BCUT2D eigenvalue weighted by Crippen LogP contribution is 2.26. The number of carbonyl (C=O) groups is 1. The topological polar surface area (TPSA) is 90.3 Å². The second-order valence-electron chi connectivity index (χ2n) is 4.48. The van der Waals surface area contributed by atoms with Gasteiger partial charge in [0, 0.05) is 18.0 Å². The second kappa shape index (κ2) is 6.79. The molecule has 0 unspecified atom stereocenters. The number of halogens is 2. The fraction of sp³-hybridized carbons (Fsp3) is 0.200. The highest BCUT2D eigenvalue weighted by atomic mass is 19.3. The zero-order chi connectivity index (χ0) is 17.0. The third-order valence-corrected chi connectivity index (χ3v) is 3.02. The van der Waals surface area contributed by atoms with E-state index in [1.54, 1.807) is 12.1 Å². The molecule has 2 N–H and O–H groups in total. The molecule has 0 saturated heterocycles. The van der Waals surface area contributed by atoms with Crippen LogP contribution in [-0.2, 0) is 4.74 Å². The van der Waals surface area contributed by atoms with E-state index >= 15 is 0 Å². The van der Waals surface area contributed by atoms with Gasteiger partial charge in [-0.05, 0) is 12.1 Å². The molecule has 0 aliphatic carbocycles. The highest BCUT2D eigenvalue weighted by molar-refractivity contribution is 5.95. The second-order valence-corrected chi connectivity index (χ2v) is 4.48. The summed E-state index contributed by atoms with van der Waals surface area (Å²) in [4.78, 5) is 11.9. The Morgan fingerprint density at radius 1 is 1.48 bits per heavy atom. The van der Waals surface area contributed by atoms with Crippen LogP contribution in [0.2, 0.25) is 0 Å². The van der Waals surface area contributed by atoms with Crippen LogP contribution >= 0.6 is 0 Å². The van der Waals surface area contributed by atoms with E-state index in [0.717, 1.165) is 0 Å². The quantitative estimate of drug-likeness (QED) is 0.854. The van der Waals surface area contributed by atoms with Crippen LogP contribution in [0.4, 0.5) is 14.5 Å². The number of nitrogens with two attached hydrogens (primary N) is 1. The zero-order valence-corrected chi connectivity index (χ0v) is 12.1. The summed E-state index contributed by atoms with van der Waals surface area (Å²) >= 11 is 0. The lowest BCUT2D eigenvalue weighted by Crippen LogP contribution is -2.11. The van der Waals surface area contributed by atoms with Crippen molar-refractivity contribution in [2.75, 3.05) is 19.5 Å². The standard InChI is InChI=1S/C15H13F2N3O3/c1-22-15(21)14-13(19)9(6-18)7-20(14)10-3-2-4-11(5-10)23-8-12(16)17/h2-5,7,12H,8,19H2,1H3. The van der Waals surface area contributed by atoms with E-state index in [-0.39, 0.29) is 22.7 Å². The fourth-order valence-corrected chi connectivity index (χ4v) is 2.00. The Hall–Kier alpha value is -3.08. The van der Waals surface area contributed by atoms with E-state index in [2.05, 4.69) is 4.74 Å². The minimum Gasteiger partial charge on any atom is -0.488 e. The van der Waals surface area contributed by atoms with Crippen molar-refractivity contribution >= 4 is 11.7 Å². The summed E-state index contributed by atoms with van der Waals surface area (Å²) in [5.41, 5.74) is 6.28. The largest absolute Gasteiger partial charge is 0.488 e. The van der Waals surface area contributed by atoms with E-state index in [9.17, 15) is 13.6 Å². The maximum absolute atomic E-state index is 12.2. The number of methoxy groups -OCH3 is 1. The Morgan fingerprint density at radius 2 is 2.22 bits per heavy atom. The Labute approximate surface area is 130 Å². The van der Waals surface area contributed by atoms with Crippen LogP contribution in [0, 0.1) is 11.3 Å². The highest BCUT2D eigenvalue weighted by Gasteiger charge is 2.21. The molecule has 0 aliphatic rings. The number of nitrogens with zero attached hydrogens (tertiary/aromatic N) is 2. The normalized spacial score (nSPS) is 10.4. The molecule has 0 spiro atoms. The Balaban J connectivity index is 2.48. The van der Waals surface area contributed by atoms with Gasteiger partial charge in [0.1, 0.15) is 18.4 Å². The maximum atomic E-state index is 12.2. The molecule has 2 aromatic rings. The van der Waals surface area contributed by atoms with Gasteiger partial charge >= 0.3 is 5.97 Å². The van der Waals surface area contributed by atoms with Crippen LogP contribution in [0.1, 0.15) is 16.1 Å². The molecule has 1 aromatic carbocycles. The number of esters is 1. The van der Waals surface area contributed by atoms with Gasteiger partial charge in [-0.25, -0.2) is 13.6 Å². The van der Waals surface area contributed by atoms with Crippen LogP contribution in [0.5, 0.6) is 5.75 Å². The maximum Gasteiger partial charge on any atom is 0.357 e. The molecule has 0 amide bonds. The monoisotopic (exact) mass is 321 g/mol. The summed E-state index contributed by atoms with van der Waals surface area (Å²) in [5, 5.41) is 9.05. The molecule has 0 aliphatic heterocycles. The molecule has 0 radical (unpaired) electrons. The molecule has 120 valence electrons. The molecule has 0 fully saturated rings. The fourth-order valence-electron chi connectivity index (χ4n) is 2.00. The van der Waals surface area contributed by atoms with Gasteiger partial charge in [-0.3, -0.25) is 0 Å². The lowest BCUT2D eigenvalue weighted by Gasteiger charge is -2.11. The number of hydrogen-bond acceptors (Lipinski definition) is 5. The SMILES string of the molecule is COC(=O)c1c(N)c(C#N)cn1-c1cccc(OCC(F)F)c1. The number of ether oxygens (including phenoxy) is 2. The van der Waals surface area contributed by atoms with E-state index in [1.807, 2.05) is 6.07 Å². The van der Waals surface area contributed by atoms with Gasteiger partial charge < -0.3 is 19.8 Å². The van der Waals surface area contributed by atoms with Gasteiger partial charge in [-0.2, -0.15) is 5.26 Å². The lowest BCUT2D eigenvalue weighted by molar-refractivity contribution is 0.0593. The first kappa shape index (κ1) is 16.3. The number of benzene rings is 1. The average Bonchev–Trinajstić information content (AvgIpc) is 2.89. The van der Waals surface area contributed by atoms with Gasteiger partial charge in [0.2, 0.25) is 0 Å². The number of nitriles is 1. The molecule has 2 rings (SSSR count). The molecular weight excluding hydrogens is 308 g/mol. The Morgan fingerprint density at radius 3 is 2.83 bits per heavy atom. The molecule has 23 heavy (non-hydrogen) atoms. The van der Waals surface area contributed by atoms with Gasteiger partial charge in [0.25, 0.3) is 6.43 Å². The van der Waals surface area contributed by atoms with Crippen molar-refractivity contribution in [3.63, 3.8) is 0 Å². The van der Waals surface area contributed by atoms with E-state index in [1.165, 1.54) is 30.0 Å². The number of hydrogen-bond donors (Lipinski definition) is 1. The lowest BCUT2D eigenvalue weighted by atomic mass is 10.2. The minimum atomic E-state index is -2.60. The molecule has 0 saturated carbocycles. The van der Waals surface area contributed by atoms with E-state index in [0.29, 0.717) is 5.69 Å². The number of rotatable bonds is 5. The van der Waals surface area contributed by atoms with Crippen LogP contribution < -0.4 is 10.5 Å². The Kier molecular flexibility index (Phi) is 4.81. The molecule has 0 bridgehead atoms. The molecule has 1 aromatic heterocycles. The number of aromatic nitrogens is 1. The number of nitrogen functional groups attached to an aromatic ring is 1. The summed E-state index contributed by atoms with van der Waals surface area (Å²) in [5.74, 6) is -0.521. The van der Waals surface area contributed by atoms with Crippen LogP contribution in [-0.4, -0.2) is 30.7 Å². The molecule has 8 heteroatoms. The molecule has 1 heterocycles. The number of alkyl halides is 2. The van der Waals surface area contributed by atoms with Crippen molar-refractivity contribution in [1.29, 1.82) is 5.26 Å². The van der Waals surface area contributed by atoms with Crippen molar-refractivity contribution in [3.8, 4) is 17.5 Å². The van der Waals surface area contributed by atoms with Gasteiger partial charge in [-0.15, -0.1) is 0 Å². The first-order valence-electron chi connectivity index (χ1n) is 6.48. The van der Waals surface area contributed by atoms with Crippen molar-refractivity contribution in [2.45, 2.75) is 6.43 Å². The predicted octanol–water partition coefficient (Wildman–Crippen LogP) is 2.36. The van der Waals surface area contributed by atoms with E-state index in [4.69, 9.17) is 15.7 Å². The van der Waals surface area contributed by atoms with Gasteiger partial charge in [0.15, 0.2) is 5.69 Å². The summed E-state index contributed by atoms with van der Waals surface area (Å²) in [6.45, 7) is -0.745. The van der Waals surface area contributed by atoms with Crippen LogP contribution in [0.25, 0.3) is 5.69 Å². The Bertz CT molecular complexity index is 766. The summed E-state index contributed by atoms with van der Waals surface area (Å²) in [6, 6.07) is 8.01. The first-order chi connectivity index (χ1) is 11.0. The smallest absolute Gasteiger partial charge is 0.357 e. The van der Waals surface area contributed by atoms with Gasteiger partial charge in [0.05, 0.1) is 18.4 Å². The predicted molar refractivity (Wildman–Crippen MR) is 77.7 cm³/mol. The molecule has 0 atom stereocenters. The first-order valence-corrected chi connectivity index (χ1v) is 6.48. The third kappa shape index (κ3) is 3.40. The van der Waals surface area contributed by atoms with Gasteiger partial charge in [-0.1, -0.05) is 6.07 Å². The molecular formula is C15H13F2N3O3. The number of anilines is 1.